The minimum Gasteiger partial charge on any atom is -0.376 e. The molecule has 70 valence electrons. The summed E-state index contributed by atoms with van der Waals surface area (Å²) in [6, 6.07) is 7.87. The highest BCUT2D eigenvalue weighted by molar-refractivity contribution is 7.73. The predicted octanol–water partition coefficient (Wildman–Crippen LogP) is 2.80. The topological polar surface area (TPSA) is 25.2 Å². The Balaban J connectivity index is 0.000000845. The Bertz CT molecular complexity index is 462. The molecule has 0 aliphatic heterocycles. The van der Waals surface area contributed by atoms with Gasteiger partial charge in [-0.25, -0.2) is 0 Å². The Morgan fingerprint density at radius 1 is 1.38 bits per heavy atom. The van der Waals surface area contributed by atoms with Crippen LogP contribution in [0, 0.1) is 3.95 Å². The number of para-hydroxylation sites is 1. The molecule has 0 aliphatic carbocycles. The highest BCUT2D eigenvalue weighted by Gasteiger charge is 2.01. The first-order valence-corrected chi connectivity index (χ1v) is 4.74. The molecule has 1 N–H and O–H groups in total. The van der Waals surface area contributed by atoms with Crippen molar-refractivity contribution >= 4 is 46.2 Å². The molecule has 2 rings (SSSR count). The first-order chi connectivity index (χ1) is 5.83. The van der Waals surface area contributed by atoms with Gasteiger partial charge in [-0.1, -0.05) is 12.1 Å². The third kappa shape index (κ3) is 1.76. The molecule has 0 amide bonds. The molecule has 0 fully saturated rings. The lowest BCUT2D eigenvalue weighted by atomic mass is 10.3. The van der Waals surface area contributed by atoms with E-state index in [0.717, 1.165) is 14.2 Å². The van der Waals surface area contributed by atoms with Gasteiger partial charge in [-0.15, -0.1) is 23.7 Å². The third-order valence-corrected chi connectivity index (χ3v) is 3.15. The van der Waals surface area contributed by atoms with Crippen molar-refractivity contribution in [2.75, 3.05) is 0 Å². The summed E-state index contributed by atoms with van der Waals surface area (Å²) < 4.78 is 3.56. The van der Waals surface area contributed by atoms with Crippen molar-refractivity contribution in [3.05, 3.63) is 28.2 Å². The molecule has 0 saturated heterocycles. The van der Waals surface area contributed by atoms with Crippen molar-refractivity contribution in [2.45, 2.75) is 6.73 Å². The highest BCUT2D eigenvalue weighted by Crippen LogP contribution is 2.21. The van der Waals surface area contributed by atoms with E-state index in [1.165, 1.54) is 11.3 Å². The Kier molecular flexibility index (Phi) is 3.44. The standard InChI is InChI=1S/C8H7NOS2.ClH/c10-5-9-6-3-1-2-4-7(6)12-8(9)11;/h1-4,10H,5H2;1H. The molecular weight excluding hydrogens is 226 g/mol. The number of fused-ring (bicyclic) bond motifs is 1. The summed E-state index contributed by atoms with van der Waals surface area (Å²) in [4.78, 5) is 0. The van der Waals surface area contributed by atoms with Crippen molar-refractivity contribution < 1.29 is 5.11 Å². The summed E-state index contributed by atoms with van der Waals surface area (Å²) >= 11 is 6.59. The monoisotopic (exact) mass is 233 g/mol. The minimum atomic E-state index is -0.0388. The molecule has 1 heterocycles. The number of thiazole rings is 1. The van der Waals surface area contributed by atoms with Crippen LogP contribution in [-0.2, 0) is 6.73 Å². The highest BCUT2D eigenvalue weighted by atomic mass is 35.5. The van der Waals surface area contributed by atoms with Crippen LogP contribution < -0.4 is 0 Å². The molecule has 13 heavy (non-hydrogen) atoms. The summed E-state index contributed by atoms with van der Waals surface area (Å²) in [6.07, 6.45) is 0. The summed E-state index contributed by atoms with van der Waals surface area (Å²) in [5.41, 5.74) is 1.01. The van der Waals surface area contributed by atoms with E-state index in [9.17, 15) is 0 Å². The fourth-order valence-electron chi connectivity index (χ4n) is 1.15. The van der Waals surface area contributed by atoms with Gasteiger partial charge in [-0.05, 0) is 24.4 Å². The van der Waals surface area contributed by atoms with Crippen molar-refractivity contribution in [3.63, 3.8) is 0 Å². The van der Waals surface area contributed by atoms with Crippen LogP contribution in [0.25, 0.3) is 10.2 Å². The Hall–Kier alpha value is -0.420. The molecule has 0 aliphatic rings. The summed E-state index contributed by atoms with van der Waals surface area (Å²) in [5, 5.41) is 9.01. The minimum absolute atomic E-state index is 0. The van der Waals surface area contributed by atoms with Gasteiger partial charge in [0.05, 0.1) is 10.2 Å². The number of nitrogens with zero attached hydrogens (tertiary/aromatic N) is 1. The zero-order valence-corrected chi connectivity index (χ0v) is 9.09. The molecule has 0 atom stereocenters. The van der Waals surface area contributed by atoms with Gasteiger partial charge in [0.25, 0.3) is 0 Å². The van der Waals surface area contributed by atoms with Crippen LogP contribution in [0.1, 0.15) is 0 Å². The van der Waals surface area contributed by atoms with Gasteiger partial charge in [0.1, 0.15) is 6.73 Å². The smallest absolute Gasteiger partial charge is 0.164 e. The Labute approximate surface area is 90.9 Å². The maximum atomic E-state index is 9.01. The summed E-state index contributed by atoms with van der Waals surface area (Å²) in [6.45, 7) is -0.0388. The number of rotatable bonds is 1. The fraction of sp³-hybridized carbons (Fsp3) is 0.125. The Morgan fingerprint density at radius 3 is 2.77 bits per heavy atom. The van der Waals surface area contributed by atoms with Gasteiger partial charge in [0.15, 0.2) is 3.95 Å². The number of hydrogen-bond donors (Lipinski definition) is 1. The van der Waals surface area contributed by atoms with E-state index in [1.807, 2.05) is 24.3 Å². The predicted molar refractivity (Wildman–Crippen MR) is 60.1 cm³/mol. The van der Waals surface area contributed by atoms with Crippen LogP contribution in [0.4, 0.5) is 0 Å². The second-order valence-electron chi connectivity index (χ2n) is 2.41. The molecule has 2 aromatic rings. The van der Waals surface area contributed by atoms with Crippen LogP contribution >= 0.6 is 36.0 Å². The van der Waals surface area contributed by atoms with Crippen LogP contribution in [0.5, 0.6) is 0 Å². The van der Waals surface area contributed by atoms with E-state index in [-0.39, 0.29) is 19.1 Å². The quantitative estimate of drug-likeness (QED) is 0.767. The van der Waals surface area contributed by atoms with Crippen LogP contribution in [0.3, 0.4) is 0 Å². The maximum Gasteiger partial charge on any atom is 0.164 e. The lowest BCUT2D eigenvalue weighted by Crippen LogP contribution is -1.94. The number of hydrogen-bond acceptors (Lipinski definition) is 3. The van der Waals surface area contributed by atoms with Gasteiger partial charge in [0, 0.05) is 0 Å². The molecule has 0 spiro atoms. The van der Waals surface area contributed by atoms with E-state index < -0.39 is 0 Å². The van der Waals surface area contributed by atoms with Crippen LogP contribution in [0.15, 0.2) is 24.3 Å². The third-order valence-electron chi connectivity index (χ3n) is 1.72. The largest absolute Gasteiger partial charge is 0.376 e. The van der Waals surface area contributed by atoms with Gasteiger partial charge in [-0.2, -0.15) is 0 Å². The number of aliphatic hydroxyl groups is 1. The molecule has 2 nitrogen and oxygen atoms in total. The number of benzene rings is 1. The van der Waals surface area contributed by atoms with Crippen LogP contribution in [-0.4, -0.2) is 9.67 Å². The van der Waals surface area contributed by atoms with E-state index in [0.29, 0.717) is 0 Å². The second kappa shape index (κ2) is 4.19. The van der Waals surface area contributed by atoms with Crippen molar-refractivity contribution in [2.24, 2.45) is 0 Å². The summed E-state index contributed by atoms with van der Waals surface area (Å²) in [5.74, 6) is 0. The Morgan fingerprint density at radius 2 is 2.08 bits per heavy atom. The van der Waals surface area contributed by atoms with E-state index in [2.05, 4.69) is 0 Å². The fourth-order valence-corrected chi connectivity index (χ4v) is 2.46. The number of aliphatic hydroxyl groups excluding tert-OH is 1. The zero-order chi connectivity index (χ0) is 8.55. The molecule has 5 heteroatoms. The second-order valence-corrected chi connectivity index (χ2v) is 4.08. The maximum absolute atomic E-state index is 9.01. The number of halogens is 1. The summed E-state index contributed by atoms with van der Waals surface area (Å²) in [7, 11) is 0. The molecule has 0 unspecified atom stereocenters. The molecule has 0 saturated carbocycles. The SMILES string of the molecule is Cl.OCn1c(=S)sc2ccccc21. The normalized spacial score (nSPS) is 9.92. The van der Waals surface area contributed by atoms with E-state index in [1.54, 1.807) is 4.57 Å². The number of aromatic nitrogens is 1. The molecule has 0 radical (unpaired) electrons. The van der Waals surface area contributed by atoms with Crippen molar-refractivity contribution in [3.8, 4) is 0 Å². The van der Waals surface area contributed by atoms with Crippen molar-refractivity contribution in [1.82, 2.24) is 4.57 Å². The van der Waals surface area contributed by atoms with E-state index in [4.69, 9.17) is 17.3 Å². The average Bonchev–Trinajstić information content (AvgIpc) is 2.40. The van der Waals surface area contributed by atoms with Crippen molar-refractivity contribution in [1.29, 1.82) is 0 Å². The lowest BCUT2D eigenvalue weighted by Gasteiger charge is -1.96. The van der Waals surface area contributed by atoms with Gasteiger partial charge < -0.3 is 5.11 Å². The first-order valence-electron chi connectivity index (χ1n) is 3.52. The lowest BCUT2D eigenvalue weighted by molar-refractivity contribution is 0.215. The molecule has 1 aromatic heterocycles. The first kappa shape index (κ1) is 10.7. The van der Waals surface area contributed by atoms with Gasteiger partial charge in [-0.3, -0.25) is 4.57 Å². The molecule has 1 aromatic carbocycles. The average molecular weight is 234 g/mol. The van der Waals surface area contributed by atoms with Crippen LogP contribution in [0.2, 0.25) is 0 Å². The van der Waals surface area contributed by atoms with Gasteiger partial charge >= 0.3 is 0 Å². The molecule has 0 bridgehead atoms. The van der Waals surface area contributed by atoms with Gasteiger partial charge in [0.2, 0.25) is 0 Å². The van der Waals surface area contributed by atoms with E-state index >= 15 is 0 Å². The molecular formula is C8H8ClNOS2. The zero-order valence-electron chi connectivity index (χ0n) is 6.64.